The Labute approximate surface area is 277 Å². The molecule has 1 aliphatic heterocycles. The number of nitrogens with two attached hydrogens (primary N) is 1. The van der Waals surface area contributed by atoms with E-state index in [1.807, 2.05) is 85.7 Å². The predicted molar refractivity (Wildman–Crippen MR) is 176 cm³/mol. The highest BCUT2D eigenvalue weighted by molar-refractivity contribution is 6.37. The minimum absolute atomic E-state index is 0.0592. The van der Waals surface area contributed by atoms with E-state index in [0.29, 0.717) is 19.5 Å². The number of primary amides is 1. The molecule has 0 unspecified atom stereocenters. The number of urea groups is 1. The summed E-state index contributed by atoms with van der Waals surface area (Å²) in [5.41, 5.74) is 4.60. The van der Waals surface area contributed by atoms with E-state index in [1.54, 1.807) is 0 Å². The van der Waals surface area contributed by atoms with Crippen LogP contribution in [-0.2, 0) is 30.5 Å². The van der Waals surface area contributed by atoms with Gasteiger partial charge in [0.2, 0.25) is 23.5 Å². The molecule has 47 heavy (non-hydrogen) atoms. The molecule has 258 valence electrons. The van der Waals surface area contributed by atoms with Gasteiger partial charge in [0, 0.05) is 13.1 Å². The van der Waals surface area contributed by atoms with Gasteiger partial charge in [-0.25, -0.2) is 4.79 Å². The van der Waals surface area contributed by atoms with Crippen molar-refractivity contribution in [1.82, 2.24) is 26.2 Å². The Bertz CT molecular complexity index is 1390. The molecule has 1 aromatic carbocycles. The predicted octanol–water partition coefficient (Wildman–Crippen LogP) is 2.25. The molecule has 6 atom stereocenters. The molecule has 3 fully saturated rings. The normalized spacial score (nSPS) is 23.4. The lowest BCUT2D eigenvalue weighted by atomic mass is 9.84. The molecule has 1 heterocycles. The Morgan fingerprint density at radius 2 is 1.47 bits per heavy atom. The molecule has 2 aliphatic carbocycles. The first-order valence-electron chi connectivity index (χ1n) is 16.6. The lowest BCUT2D eigenvalue weighted by Crippen LogP contribution is -2.63. The smallest absolute Gasteiger partial charge is 0.316 e. The van der Waals surface area contributed by atoms with Crippen molar-refractivity contribution in [3.8, 4) is 0 Å². The first kappa shape index (κ1) is 35.9. The van der Waals surface area contributed by atoms with Gasteiger partial charge < -0.3 is 31.9 Å². The monoisotopic (exact) mass is 652 g/mol. The second kappa shape index (κ2) is 13.3. The van der Waals surface area contributed by atoms with Crippen LogP contribution in [0.15, 0.2) is 30.3 Å². The Balaban J connectivity index is 1.50. The van der Waals surface area contributed by atoms with E-state index < -0.39 is 64.5 Å². The van der Waals surface area contributed by atoms with Crippen molar-refractivity contribution in [2.75, 3.05) is 6.54 Å². The molecule has 6 amide bonds. The van der Waals surface area contributed by atoms with Gasteiger partial charge >= 0.3 is 6.03 Å². The second-order valence-electron chi connectivity index (χ2n) is 16.3. The zero-order valence-corrected chi connectivity index (χ0v) is 28.9. The molecule has 4 rings (SSSR count). The van der Waals surface area contributed by atoms with E-state index in [9.17, 15) is 28.8 Å². The van der Waals surface area contributed by atoms with Crippen LogP contribution in [0.3, 0.4) is 0 Å². The van der Waals surface area contributed by atoms with Gasteiger partial charge in [0.15, 0.2) is 0 Å². The maximum absolute atomic E-state index is 14.3. The first-order chi connectivity index (χ1) is 21.7. The molecule has 0 spiro atoms. The van der Waals surface area contributed by atoms with E-state index in [2.05, 4.69) is 21.3 Å². The molecule has 2 saturated carbocycles. The van der Waals surface area contributed by atoms with Crippen molar-refractivity contribution >= 4 is 35.4 Å². The van der Waals surface area contributed by atoms with Gasteiger partial charge in [0.05, 0.1) is 6.04 Å². The number of hydrogen-bond acceptors (Lipinski definition) is 6. The van der Waals surface area contributed by atoms with Crippen molar-refractivity contribution in [3.63, 3.8) is 0 Å². The van der Waals surface area contributed by atoms with Gasteiger partial charge in [-0.3, -0.25) is 24.0 Å². The summed E-state index contributed by atoms with van der Waals surface area (Å²) in [6.07, 6.45) is 2.15. The fraction of sp³-hybridized carbons (Fsp3) is 0.657. The number of piperidine rings is 1. The molecule has 0 radical (unpaired) electrons. The lowest BCUT2D eigenvalue weighted by Gasteiger charge is -2.38. The van der Waals surface area contributed by atoms with E-state index in [4.69, 9.17) is 5.73 Å². The third-order valence-electron chi connectivity index (χ3n) is 10.0. The van der Waals surface area contributed by atoms with E-state index in [0.717, 1.165) is 18.4 Å². The second-order valence-corrected chi connectivity index (χ2v) is 16.3. The molecule has 0 aromatic heterocycles. The SMILES string of the molecule is CC(C)(C)[C@H](NC(=O)N[C@H](C(=O)N1C[C@H]2[C@@H]([C@H]1C(=O)N[C@@H](CC1CC1)C(=O)C(N)=O)C2(C)C)C(C)(C)C)C(=O)NCc1ccccc1. The van der Waals surface area contributed by atoms with Crippen LogP contribution < -0.4 is 27.0 Å². The van der Waals surface area contributed by atoms with Crippen LogP contribution in [-0.4, -0.2) is 71.1 Å². The van der Waals surface area contributed by atoms with Crippen LogP contribution >= 0.6 is 0 Å². The summed E-state index contributed by atoms with van der Waals surface area (Å²) >= 11 is 0. The van der Waals surface area contributed by atoms with Crippen LogP contribution in [0.5, 0.6) is 0 Å². The van der Waals surface area contributed by atoms with Crippen molar-refractivity contribution in [2.45, 2.75) is 105 Å². The summed E-state index contributed by atoms with van der Waals surface area (Å²) in [6, 6.07) is 4.87. The number of nitrogens with one attached hydrogen (secondary N) is 4. The highest BCUT2D eigenvalue weighted by atomic mass is 16.2. The number of nitrogens with zero attached hydrogens (tertiary/aromatic N) is 1. The lowest BCUT2D eigenvalue weighted by molar-refractivity contribution is -0.145. The molecular formula is C35H52N6O6. The molecule has 1 saturated heterocycles. The number of carbonyl (C=O) groups excluding carboxylic acids is 6. The van der Waals surface area contributed by atoms with Gasteiger partial charge in [-0.15, -0.1) is 0 Å². The Hall–Kier alpha value is -3.96. The first-order valence-corrected chi connectivity index (χ1v) is 16.6. The van der Waals surface area contributed by atoms with E-state index >= 15 is 0 Å². The Morgan fingerprint density at radius 1 is 0.894 bits per heavy atom. The minimum atomic E-state index is -1.11. The zero-order valence-electron chi connectivity index (χ0n) is 28.9. The summed E-state index contributed by atoms with van der Waals surface area (Å²) in [5, 5.41) is 11.3. The zero-order chi connectivity index (χ0) is 35.1. The number of carbonyl (C=O) groups is 6. The number of amides is 6. The molecular weight excluding hydrogens is 600 g/mol. The summed E-state index contributed by atoms with van der Waals surface area (Å²) in [4.78, 5) is 80.8. The van der Waals surface area contributed by atoms with Crippen molar-refractivity contribution in [1.29, 1.82) is 0 Å². The van der Waals surface area contributed by atoms with E-state index in [1.165, 1.54) is 4.90 Å². The number of hydrogen-bond donors (Lipinski definition) is 5. The summed E-state index contributed by atoms with van der Waals surface area (Å²) in [7, 11) is 0. The number of likely N-dealkylation sites (tertiary alicyclic amines) is 1. The summed E-state index contributed by atoms with van der Waals surface area (Å²) in [6.45, 7) is 15.7. The molecule has 6 N–H and O–H groups in total. The van der Waals surface area contributed by atoms with Crippen molar-refractivity contribution in [2.24, 2.45) is 39.7 Å². The summed E-state index contributed by atoms with van der Waals surface area (Å²) < 4.78 is 0. The number of Topliss-reactive ketones (excluding diaryl/α,β-unsaturated/α-hetero) is 1. The maximum atomic E-state index is 14.3. The standard InChI is InChI=1S/C35H52N6O6/c1-33(2,3)26(30(45)37-17-20-12-10-9-11-13-20)39-32(47)40-27(34(4,5)6)31(46)41-18-21-23(35(21,7)8)24(41)29(44)38-22(16-19-14-15-19)25(42)28(36)43/h9-13,19,21-24,26-27H,14-18H2,1-8H3,(H2,36,43)(H,37,45)(H,38,44)(H2,39,40,47)/t21-,22-,23-,24-,26+,27+/m0/s1. The number of fused-ring (bicyclic) bond motifs is 1. The van der Waals surface area contributed by atoms with Crippen molar-refractivity contribution < 1.29 is 28.8 Å². The topological polar surface area (TPSA) is 180 Å². The quantitative estimate of drug-likeness (QED) is 0.216. The van der Waals surface area contributed by atoms with Crippen LogP contribution in [0, 0.1) is 34.0 Å². The molecule has 0 bridgehead atoms. The average molecular weight is 653 g/mol. The Morgan fingerprint density at radius 3 is 2.00 bits per heavy atom. The number of ketones is 1. The van der Waals surface area contributed by atoms with Crippen molar-refractivity contribution in [3.05, 3.63) is 35.9 Å². The minimum Gasteiger partial charge on any atom is -0.363 e. The highest BCUT2D eigenvalue weighted by Crippen LogP contribution is 2.65. The summed E-state index contributed by atoms with van der Waals surface area (Å²) in [5.74, 6) is -3.10. The van der Waals surface area contributed by atoms with Crippen LogP contribution in [0.1, 0.15) is 80.2 Å². The fourth-order valence-electron chi connectivity index (χ4n) is 6.84. The fourth-order valence-corrected chi connectivity index (χ4v) is 6.84. The molecule has 1 aromatic rings. The van der Waals surface area contributed by atoms with Gasteiger partial charge in [0.25, 0.3) is 5.91 Å². The molecule has 12 nitrogen and oxygen atoms in total. The van der Waals surface area contributed by atoms with E-state index in [-0.39, 0.29) is 29.1 Å². The maximum Gasteiger partial charge on any atom is 0.316 e. The van der Waals surface area contributed by atoms with Gasteiger partial charge in [0.1, 0.15) is 18.1 Å². The van der Waals surface area contributed by atoms with Gasteiger partial charge in [-0.2, -0.15) is 0 Å². The third kappa shape index (κ3) is 8.31. The van der Waals surface area contributed by atoms with Crippen LogP contribution in [0.25, 0.3) is 0 Å². The largest absolute Gasteiger partial charge is 0.363 e. The third-order valence-corrected chi connectivity index (χ3v) is 10.0. The Kier molecular flexibility index (Phi) is 10.1. The van der Waals surface area contributed by atoms with Crippen LogP contribution in [0.4, 0.5) is 4.79 Å². The van der Waals surface area contributed by atoms with Crippen LogP contribution in [0.2, 0.25) is 0 Å². The average Bonchev–Trinajstić information content (AvgIpc) is 3.83. The number of rotatable bonds is 12. The number of benzene rings is 1. The molecule has 3 aliphatic rings. The molecule has 12 heteroatoms. The van der Waals surface area contributed by atoms with Gasteiger partial charge in [-0.1, -0.05) is 98.6 Å². The van der Waals surface area contributed by atoms with Gasteiger partial charge in [-0.05, 0) is 46.0 Å². The highest BCUT2D eigenvalue weighted by Gasteiger charge is 2.70.